The Bertz CT molecular complexity index is 3170. The molecule has 6 atom stereocenters. The van der Waals surface area contributed by atoms with Gasteiger partial charge in [-0.05, 0) is 111 Å². The predicted molar refractivity (Wildman–Crippen MR) is 287 cm³/mol. The molecule has 0 bridgehead atoms. The number of fused-ring (bicyclic) bond motifs is 2. The Labute approximate surface area is 462 Å². The zero-order chi connectivity index (χ0) is 57.8. The molecule has 81 heavy (non-hydrogen) atoms. The van der Waals surface area contributed by atoms with Gasteiger partial charge in [0.1, 0.15) is 41.1 Å². The van der Waals surface area contributed by atoms with Gasteiger partial charge in [-0.1, -0.05) is 27.7 Å². The van der Waals surface area contributed by atoms with E-state index < -0.39 is 83.4 Å². The lowest BCUT2D eigenvalue weighted by molar-refractivity contribution is -0.138. The van der Waals surface area contributed by atoms with Crippen molar-refractivity contribution in [3.05, 3.63) is 112 Å². The van der Waals surface area contributed by atoms with Gasteiger partial charge in [-0.25, -0.2) is 37.1 Å². The van der Waals surface area contributed by atoms with Crippen LogP contribution in [0.25, 0.3) is 22.1 Å². The number of carbonyl (C=O) groups is 4. The van der Waals surface area contributed by atoms with E-state index in [1.54, 1.807) is 54.5 Å². The highest BCUT2D eigenvalue weighted by Gasteiger charge is 2.43. The van der Waals surface area contributed by atoms with Crippen molar-refractivity contribution in [3.63, 3.8) is 0 Å². The number of methoxy groups -OCH3 is 2. The fourth-order valence-corrected chi connectivity index (χ4v) is 12.2. The molecular formula is C57H64F7N11O6. The zero-order valence-corrected chi connectivity index (χ0v) is 45.6. The first kappa shape index (κ1) is 56.5. The molecule has 4 aromatic carbocycles. The maximum absolute atomic E-state index is 17.0. The summed E-state index contributed by atoms with van der Waals surface area (Å²) in [5.41, 5.74) is 0.973. The summed E-state index contributed by atoms with van der Waals surface area (Å²) in [4.78, 5) is 76.8. The third kappa shape index (κ3) is 11.1. The van der Waals surface area contributed by atoms with Gasteiger partial charge in [0, 0.05) is 61.8 Å². The van der Waals surface area contributed by atoms with Gasteiger partial charge in [0.2, 0.25) is 11.8 Å². The van der Waals surface area contributed by atoms with Crippen molar-refractivity contribution >= 4 is 63.1 Å². The standard InChI is InChI=1S/C57H64F7N11O6/c1-29(2)48(69-55(78)80-5)53(76)73-17-7-9-46(73)51-65-40-25-34(36(58)27-42(40)67-51)44-15-16-45(35-26-41-43(28-37(35)59)68-52(66-41)47-10-8-18-74(47)54(77)49(30(3)4)70-56(79)81-6)75(44)33-23-38(60)50(39(61)24-33)72-21-19-71(20-22-72)32-13-11-31(12-14-32)57(62,63)64/h11-14,23-30,44-49H,7-10,15-22H2,1-6H3,(H,65,67)(H,66,68)(H,69,78)(H,70,79)/t44-,45-,46+,47+,48+,49?/m1/s1. The Morgan fingerprint density at radius 2 is 1.00 bits per heavy atom. The number of ether oxygens (including phenoxy) is 2. The summed E-state index contributed by atoms with van der Waals surface area (Å²) < 4.78 is 117. The number of piperazine rings is 1. The first-order valence-corrected chi connectivity index (χ1v) is 27.3. The highest BCUT2D eigenvalue weighted by Crippen LogP contribution is 2.50. The second kappa shape index (κ2) is 22.6. The summed E-state index contributed by atoms with van der Waals surface area (Å²) in [6.45, 7) is 8.71. The number of anilines is 3. The molecule has 6 heterocycles. The maximum Gasteiger partial charge on any atom is 0.416 e. The van der Waals surface area contributed by atoms with Crippen molar-refractivity contribution in [2.75, 3.05) is 68.2 Å². The minimum atomic E-state index is -4.51. The van der Waals surface area contributed by atoms with Gasteiger partial charge in [-0.15, -0.1) is 0 Å². The zero-order valence-electron chi connectivity index (χ0n) is 45.6. The molecule has 24 heteroatoms. The molecule has 4 N–H and O–H groups in total. The number of imidazole rings is 2. The molecule has 6 aromatic rings. The lowest BCUT2D eigenvalue weighted by Crippen LogP contribution is -2.51. The van der Waals surface area contributed by atoms with Crippen molar-refractivity contribution in [1.29, 1.82) is 0 Å². The van der Waals surface area contributed by atoms with Crippen LogP contribution in [0.2, 0.25) is 0 Å². The van der Waals surface area contributed by atoms with Crippen LogP contribution in [0.5, 0.6) is 0 Å². The number of aromatic amines is 2. The van der Waals surface area contributed by atoms with Gasteiger partial charge in [-0.2, -0.15) is 13.2 Å². The number of H-pyrrole nitrogens is 2. The number of benzene rings is 4. The Morgan fingerprint density at radius 3 is 1.41 bits per heavy atom. The third-order valence-corrected chi connectivity index (χ3v) is 16.3. The number of alkyl halides is 3. The van der Waals surface area contributed by atoms with E-state index in [1.165, 1.54) is 43.4 Å². The molecule has 4 fully saturated rings. The van der Waals surface area contributed by atoms with Crippen molar-refractivity contribution in [1.82, 2.24) is 40.4 Å². The molecule has 0 spiro atoms. The summed E-state index contributed by atoms with van der Waals surface area (Å²) >= 11 is 0. The van der Waals surface area contributed by atoms with Crippen molar-refractivity contribution in [2.45, 2.75) is 109 Å². The van der Waals surface area contributed by atoms with Crippen LogP contribution in [0, 0.1) is 35.1 Å². The van der Waals surface area contributed by atoms with Gasteiger partial charge in [0.15, 0.2) is 11.6 Å². The predicted octanol–water partition coefficient (Wildman–Crippen LogP) is 10.5. The molecular weight excluding hydrogens is 1070 g/mol. The number of carbonyl (C=O) groups excluding carboxylic acids is 4. The highest BCUT2D eigenvalue weighted by molar-refractivity contribution is 5.88. The highest BCUT2D eigenvalue weighted by atomic mass is 19.4. The lowest BCUT2D eigenvalue weighted by Gasteiger charge is -2.38. The molecule has 4 saturated heterocycles. The monoisotopic (exact) mass is 1130 g/mol. The van der Waals surface area contributed by atoms with E-state index in [0.29, 0.717) is 78.2 Å². The van der Waals surface area contributed by atoms with Crippen LogP contribution in [0.3, 0.4) is 0 Å². The van der Waals surface area contributed by atoms with Gasteiger partial charge < -0.3 is 54.6 Å². The Morgan fingerprint density at radius 1 is 0.568 bits per heavy atom. The summed E-state index contributed by atoms with van der Waals surface area (Å²) in [7, 11) is 2.42. The maximum atomic E-state index is 17.0. The normalized spacial score (nSPS) is 20.5. The molecule has 4 aliphatic rings. The minimum Gasteiger partial charge on any atom is -0.453 e. The first-order valence-electron chi connectivity index (χ1n) is 27.3. The van der Waals surface area contributed by atoms with Crippen LogP contribution >= 0.6 is 0 Å². The molecule has 17 nitrogen and oxygen atoms in total. The fourth-order valence-electron chi connectivity index (χ4n) is 12.2. The number of likely N-dealkylation sites (tertiary alicyclic amines) is 2. The van der Waals surface area contributed by atoms with Gasteiger partial charge in [0.05, 0.1) is 66.0 Å². The number of nitrogens with zero attached hydrogens (tertiary/aromatic N) is 7. The SMILES string of the molecule is COC(=O)NC(C(=O)N1CCC[C@H]1c1nc2cc([C@H]3CC[C@H](c4cc5nc([C@@H]6CCCN6C(=O)[C@@H](NC(=O)OC)C(C)C)[nH]c5cc4F)N3c3cc(F)c(N4CCN(c5ccc(C(F)(F)F)cc5)CC4)c(F)c3)c(F)cc2[nH]1)C(C)C. The smallest absolute Gasteiger partial charge is 0.416 e. The molecule has 10 rings (SSSR count). The summed E-state index contributed by atoms with van der Waals surface area (Å²) in [5, 5.41) is 5.26. The second-order valence-corrected chi connectivity index (χ2v) is 21.9. The molecule has 0 aliphatic carbocycles. The largest absolute Gasteiger partial charge is 0.453 e. The molecule has 0 saturated carbocycles. The first-order chi connectivity index (χ1) is 38.6. The molecule has 4 aliphatic heterocycles. The van der Waals surface area contributed by atoms with Crippen molar-refractivity contribution in [3.8, 4) is 0 Å². The van der Waals surface area contributed by atoms with E-state index in [2.05, 4.69) is 20.6 Å². The summed E-state index contributed by atoms with van der Waals surface area (Å²) in [6, 6.07) is 7.92. The van der Waals surface area contributed by atoms with Crippen molar-refractivity contribution < 1.29 is 59.4 Å². The average Bonchev–Trinajstić information content (AvgIpc) is 3.96. The minimum absolute atomic E-state index is 0.00479. The van der Waals surface area contributed by atoms with Crippen LogP contribution in [0.15, 0.2) is 60.7 Å². The number of nitrogens with one attached hydrogen (secondary N) is 4. The summed E-state index contributed by atoms with van der Waals surface area (Å²) in [5.74, 6) is -3.67. The topological polar surface area (TPSA) is 184 Å². The number of hydrogen-bond acceptors (Lipinski definition) is 11. The fraction of sp³-hybridized carbons (Fsp3) is 0.474. The van der Waals surface area contributed by atoms with E-state index in [1.807, 2.05) is 4.90 Å². The van der Waals surface area contributed by atoms with Gasteiger partial charge >= 0.3 is 18.4 Å². The molecule has 1 unspecified atom stereocenters. The molecule has 432 valence electrons. The molecule has 4 amide bonds. The quantitative estimate of drug-likeness (QED) is 0.0807. The number of alkyl carbamates (subject to hydrolysis) is 2. The average molecular weight is 1130 g/mol. The number of rotatable bonds is 13. The van der Waals surface area contributed by atoms with E-state index in [9.17, 15) is 32.3 Å². The summed E-state index contributed by atoms with van der Waals surface area (Å²) in [6.07, 6.45) is -3.31. The van der Waals surface area contributed by atoms with E-state index in [0.717, 1.165) is 24.3 Å². The van der Waals surface area contributed by atoms with Crippen LogP contribution in [-0.4, -0.2) is 119 Å². The van der Waals surface area contributed by atoms with Crippen molar-refractivity contribution in [2.24, 2.45) is 11.8 Å². The van der Waals surface area contributed by atoms with Crippen LogP contribution in [-0.2, 0) is 25.2 Å². The van der Waals surface area contributed by atoms with E-state index in [4.69, 9.17) is 19.4 Å². The number of hydrogen-bond donors (Lipinski definition) is 4. The Kier molecular flexibility index (Phi) is 15.8. The third-order valence-electron chi connectivity index (χ3n) is 16.3. The molecule has 0 radical (unpaired) electrons. The van der Waals surface area contributed by atoms with E-state index >= 15 is 17.6 Å². The van der Waals surface area contributed by atoms with Crippen LogP contribution in [0.4, 0.5) is 57.4 Å². The van der Waals surface area contributed by atoms with Crippen LogP contribution in [0.1, 0.15) is 119 Å². The molecule has 2 aromatic heterocycles. The second-order valence-electron chi connectivity index (χ2n) is 21.9. The van der Waals surface area contributed by atoms with Crippen LogP contribution < -0.4 is 25.3 Å². The van der Waals surface area contributed by atoms with Gasteiger partial charge in [0.25, 0.3) is 0 Å². The number of amides is 4. The van der Waals surface area contributed by atoms with Gasteiger partial charge in [-0.3, -0.25) is 9.59 Å². The lowest BCUT2D eigenvalue weighted by atomic mass is 10.0. The Hall–Kier alpha value is -7.79. The van der Waals surface area contributed by atoms with E-state index in [-0.39, 0.29) is 85.2 Å². The number of aromatic nitrogens is 4. The Balaban J connectivity index is 0.986. The number of halogens is 7.